The Bertz CT molecular complexity index is 377. The lowest BCUT2D eigenvalue weighted by atomic mass is 9.83. The van der Waals surface area contributed by atoms with Crippen molar-refractivity contribution in [1.82, 2.24) is 15.1 Å². The van der Waals surface area contributed by atoms with E-state index in [1.807, 2.05) is 13.8 Å². The second-order valence-corrected chi connectivity index (χ2v) is 4.58. The Morgan fingerprint density at radius 3 is 2.67 bits per heavy atom. The van der Waals surface area contributed by atoms with Gasteiger partial charge in [-0.1, -0.05) is 13.8 Å². The van der Waals surface area contributed by atoms with Gasteiger partial charge >= 0.3 is 0 Å². The molecule has 0 atom stereocenters. The average Bonchev–Trinajstić information content (AvgIpc) is 2.77. The maximum Gasteiger partial charge on any atom is 0.241 e. The van der Waals surface area contributed by atoms with Gasteiger partial charge in [0, 0.05) is 18.2 Å². The second kappa shape index (κ2) is 6.39. The van der Waals surface area contributed by atoms with E-state index in [0.717, 1.165) is 12.8 Å². The van der Waals surface area contributed by atoms with E-state index in [4.69, 9.17) is 5.73 Å². The molecule has 0 aromatic carbocycles. The van der Waals surface area contributed by atoms with Crippen LogP contribution in [0.15, 0.2) is 12.3 Å². The molecule has 0 aliphatic carbocycles. The third-order valence-electron chi connectivity index (χ3n) is 3.46. The molecular formula is C12H22N4O2. The molecule has 0 bridgehead atoms. The summed E-state index contributed by atoms with van der Waals surface area (Å²) in [6.45, 7) is 4.73. The van der Waals surface area contributed by atoms with Crippen molar-refractivity contribution in [2.75, 3.05) is 18.9 Å². The van der Waals surface area contributed by atoms with Gasteiger partial charge in [-0.05, 0) is 18.9 Å². The highest BCUT2D eigenvalue weighted by Crippen LogP contribution is 2.24. The van der Waals surface area contributed by atoms with Crippen molar-refractivity contribution in [3.05, 3.63) is 12.3 Å². The molecule has 4 N–H and O–H groups in total. The lowest BCUT2D eigenvalue weighted by Crippen LogP contribution is -2.40. The number of amides is 1. The van der Waals surface area contributed by atoms with Gasteiger partial charge in [-0.2, -0.15) is 5.10 Å². The van der Waals surface area contributed by atoms with E-state index >= 15 is 0 Å². The number of aromatic nitrogens is 2. The molecule has 0 aliphatic rings. The standard InChI is InChI=1S/C12H22N4O2/c1-3-12(4-2,9-17)8-14-11(18)7-16-6-5-10(13)15-16/h5-6,17H,3-4,7-9H2,1-2H3,(H2,13,15)(H,14,18). The summed E-state index contributed by atoms with van der Waals surface area (Å²) in [5.74, 6) is 0.271. The smallest absolute Gasteiger partial charge is 0.241 e. The highest BCUT2D eigenvalue weighted by Gasteiger charge is 2.25. The van der Waals surface area contributed by atoms with E-state index < -0.39 is 0 Å². The predicted octanol–water partition coefficient (Wildman–Crippen LogP) is 0.380. The maximum absolute atomic E-state index is 11.7. The quantitative estimate of drug-likeness (QED) is 0.656. The fourth-order valence-electron chi connectivity index (χ4n) is 1.73. The molecular weight excluding hydrogens is 232 g/mol. The fraction of sp³-hybridized carbons (Fsp3) is 0.667. The van der Waals surface area contributed by atoms with Crippen LogP contribution in [0.4, 0.5) is 5.82 Å². The molecule has 1 aromatic heterocycles. The number of aliphatic hydroxyl groups excluding tert-OH is 1. The van der Waals surface area contributed by atoms with Crippen LogP contribution in [-0.4, -0.2) is 33.9 Å². The van der Waals surface area contributed by atoms with Crippen molar-refractivity contribution in [3.8, 4) is 0 Å². The molecule has 0 unspecified atom stereocenters. The van der Waals surface area contributed by atoms with E-state index in [0.29, 0.717) is 12.4 Å². The molecule has 1 heterocycles. The summed E-state index contributed by atoms with van der Waals surface area (Å²) in [5.41, 5.74) is 5.24. The number of aliphatic hydroxyl groups is 1. The number of nitrogens with zero attached hydrogens (tertiary/aromatic N) is 2. The van der Waals surface area contributed by atoms with Gasteiger partial charge in [0.15, 0.2) is 0 Å². The average molecular weight is 254 g/mol. The monoisotopic (exact) mass is 254 g/mol. The van der Waals surface area contributed by atoms with Crippen LogP contribution in [0.25, 0.3) is 0 Å². The van der Waals surface area contributed by atoms with E-state index in [1.54, 1.807) is 12.3 Å². The van der Waals surface area contributed by atoms with Gasteiger partial charge in [0.25, 0.3) is 0 Å². The van der Waals surface area contributed by atoms with Crippen molar-refractivity contribution in [3.63, 3.8) is 0 Å². The molecule has 0 spiro atoms. The van der Waals surface area contributed by atoms with E-state index in [2.05, 4.69) is 10.4 Å². The summed E-state index contributed by atoms with van der Waals surface area (Å²) in [6, 6.07) is 1.64. The summed E-state index contributed by atoms with van der Waals surface area (Å²) >= 11 is 0. The van der Waals surface area contributed by atoms with Gasteiger partial charge in [0.2, 0.25) is 5.91 Å². The number of carbonyl (C=O) groups excluding carboxylic acids is 1. The van der Waals surface area contributed by atoms with Crippen LogP contribution in [0, 0.1) is 5.41 Å². The summed E-state index contributed by atoms with van der Waals surface area (Å²) in [7, 11) is 0. The summed E-state index contributed by atoms with van der Waals surface area (Å²) < 4.78 is 1.49. The number of anilines is 1. The van der Waals surface area contributed by atoms with Gasteiger partial charge < -0.3 is 16.2 Å². The first kappa shape index (κ1) is 14.5. The number of hydrogen-bond acceptors (Lipinski definition) is 4. The Labute approximate surface area is 107 Å². The van der Waals surface area contributed by atoms with E-state index in [-0.39, 0.29) is 24.5 Å². The highest BCUT2D eigenvalue weighted by molar-refractivity contribution is 5.75. The van der Waals surface area contributed by atoms with Crippen LogP contribution < -0.4 is 11.1 Å². The fourth-order valence-corrected chi connectivity index (χ4v) is 1.73. The van der Waals surface area contributed by atoms with Crippen molar-refractivity contribution in [1.29, 1.82) is 0 Å². The highest BCUT2D eigenvalue weighted by atomic mass is 16.3. The van der Waals surface area contributed by atoms with Gasteiger partial charge in [-0.3, -0.25) is 9.48 Å². The zero-order valence-corrected chi connectivity index (χ0v) is 11.0. The summed E-state index contributed by atoms with van der Waals surface area (Å²) in [4.78, 5) is 11.7. The zero-order chi connectivity index (χ0) is 13.6. The Morgan fingerprint density at radius 2 is 2.22 bits per heavy atom. The predicted molar refractivity (Wildman–Crippen MR) is 69.7 cm³/mol. The van der Waals surface area contributed by atoms with Crippen molar-refractivity contribution in [2.45, 2.75) is 33.2 Å². The Balaban J connectivity index is 2.45. The van der Waals surface area contributed by atoms with Crippen LogP contribution in [0.5, 0.6) is 0 Å². The molecule has 0 saturated heterocycles. The van der Waals surface area contributed by atoms with Crippen molar-refractivity contribution in [2.24, 2.45) is 5.41 Å². The molecule has 6 heteroatoms. The number of nitrogens with one attached hydrogen (secondary N) is 1. The Morgan fingerprint density at radius 1 is 1.56 bits per heavy atom. The first-order valence-electron chi connectivity index (χ1n) is 6.21. The topological polar surface area (TPSA) is 93.2 Å². The molecule has 1 amide bonds. The lowest BCUT2D eigenvalue weighted by Gasteiger charge is -2.29. The molecule has 102 valence electrons. The molecule has 6 nitrogen and oxygen atoms in total. The first-order chi connectivity index (χ1) is 8.55. The van der Waals surface area contributed by atoms with Gasteiger partial charge in [0.05, 0.1) is 6.61 Å². The lowest BCUT2D eigenvalue weighted by molar-refractivity contribution is -0.122. The number of carbonyl (C=O) groups is 1. The van der Waals surface area contributed by atoms with Gasteiger partial charge in [0.1, 0.15) is 12.4 Å². The molecule has 0 fully saturated rings. The minimum atomic E-state index is -0.223. The summed E-state index contributed by atoms with van der Waals surface area (Å²) in [6.07, 6.45) is 3.32. The Hall–Kier alpha value is -1.56. The van der Waals surface area contributed by atoms with Crippen LogP contribution in [0.1, 0.15) is 26.7 Å². The zero-order valence-electron chi connectivity index (χ0n) is 11.0. The second-order valence-electron chi connectivity index (χ2n) is 4.58. The minimum Gasteiger partial charge on any atom is -0.396 e. The SMILES string of the molecule is CCC(CC)(CO)CNC(=O)Cn1ccc(N)n1. The van der Waals surface area contributed by atoms with Crippen LogP contribution in [-0.2, 0) is 11.3 Å². The normalized spacial score (nSPS) is 11.5. The largest absolute Gasteiger partial charge is 0.396 e. The summed E-state index contributed by atoms with van der Waals surface area (Å²) in [5, 5.41) is 16.2. The minimum absolute atomic E-state index is 0.0784. The third kappa shape index (κ3) is 3.73. The maximum atomic E-state index is 11.7. The van der Waals surface area contributed by atoms with Crippen molar-refractivity contribution >= 4 is 11.7 Å². The number of hydrogen-bond donors (Lipinski definition) is 3. The first-order valence-corrected chi connectivity index (χ1v) is 6.21. The molecule has 0 saturated carbocycles. The van der Waals surface area contributed by atoms with E-state index in [9.17, 15) is 9.90 Å². The molecule has 1 rings (SSSR count). The van der Waals surface area contributed by atoms with Crippen LogP contribution >= 0.6 is 0 Å². The number of nitrogens with two attached hydrogens (primary N) is 1. The molecule has 1 aromatic rings. The molecule has 0 radical (unpaired) electrons. The van der Waals surface area contributed by atoms with Crippen LogP contribution in [0.2, 0.25) is 0 Å². The number of rotatable bonds is 7. The Kier molecular flexibility index (Phi) is 5.15. The number of nitrogen functional groups attached to an aromatic ring is 1. The van der Waals surface area contributed by atoms with Crippen LogP contribution in [0.3, 0.4) is 0 Å². The van der Waals surface area contributed by atoms with Gasteiger partial charge in [-0.15, -0.1) is 0 Å². The molecule has 18 heavy (non-hydrogen) atoms. The third-order valence-corrected chi connectivity index (χ3v) is 3.46. The van der Waals surface area contributed by atoms with Gasteiger partial charge in [-0.25, -0.2) is 0 Å². The van der Waals surface area contributed by atoms with Crippen molar-refractivity contribution < 1.29 is 9.90 Å². The molecule has 0 aliphatic heterocycles. The van der Waals surface area contributed by atoms with E-state index in [1.165, 1.54) is 4.68 Å².